The van der Waals surface area contributed by atoms with Gasteiger partial charge < -0.3 is 9.73 Å². The van der Waals surface area contributed by atoms with Gasteiger partial charge in [-0.05, 0) is 36.7 Å². The molecule has 0 fully saturated rings. The summed E-state index contributed by atoms with van der Waals surface area (Å²) in [4.78, 5) is 0. The van der Waals surface area contributed by atoms with Crippen molar-refractivity contribution in [1.82, 2.24) is 5.32 Å². The predicted octanol–water partition coefficient (Wildman–Crippen LogP) is 5.33. The summed E-state index contributed by atoms with van der Waals surface area (Å²) < 4.78 is 5.50. The van der Waals surface area contributed by atoms with Gasteiger partial charge in [-0.15, -0.1) is 0 Å². The molecule has 0 spiro atoms. The van der Waals surface area contributed by atoms with Crippen molar-refractivity contribution in [2.75, 3.05) is 6.54 Å². The van der Waals surface area contributed by atoms with Gasteiger partial charge in [-0.2, -0.15) is 0 Å². The minimum absolute atomic E-state index is 0.314. The van der Waals surface area contributed by atoms with E-state index in [-0.39, 0.29) is 0 Å². The Morgan fingerprint density at radius 3 is 2.44 bits per heavy atom. The van der Waals surface area contributed by atoms with E-state index < -0.39 is 0 Å². The van der Waals surface area contributed by atoms with Crippen LogP contribution in [0, 0.1) is 0 Å². The Hall–Kier alpha value is -0.470. The van der Waals surface area contributed by atoms with Gasteiger partial charge in [0.05, 0.1) is 6.04 Å². The molecule has 1 N–H and O–H groups in total. The normalized spacial score (nSPS) is 12.8. The van der Waals surface area contributed by atoms with Gasteiger partial charge in [0.2, 0.25) is 0 Å². The van der Waals surface area contributed by atoms with Crippen molar-refractivity contribution in [3.8, 4) is 0 Å². The van der Waals surface area contributed by atoms with Crippen LogP contribution in [0.2, 0.25) is 5.22 Å². The first-order valence-corrected chi connectivity index (χ1v) is 7.64. The molecule has 0 aromatic carbocycles. The molecule has 18 heavy (non-hydrogen) atoms. The maximum atomic E-state index is 5.83. The second kappa shape index (κ2) is 9.46. The monoisotopic (exact) mass is 271 g/mol. The number of hydrogen-bond donors (Lipinski definition) is 1. The molecular weight excluding hydrogens is 246 g/mol. The number of rotatable bonds is 10. The summed E-state index contributed by atoms with van der Waals surface area (Å²) in [5.41, 5.74) is 0. The molecule has 0 bridgehead atoms. The van der Waals surface area contributed by atoms with Crippen LogP contribution in [0.5, 0.6) is 0 Å². The Labute approximate surface area is 116 Å². The fourth-order valence-corrected chi connectivity index (χ4v) is 2.39. The molecule has 2 nitrogen and oxygen atoms in total. The van der Waals surface area contributed by atoms with Gasteiger partial charge in [0.15, 0.2) is 5.22 Å². The SMILES string of the molecule is CCCCCCCCC(NCC)c1ccc(Cl)o1. The van der Waals surface area contributed by atoms with Gasteiger partial charge in [-0.3, -0.25) is 0 Å². The molecule has 0 saturated carbocycles. The molecule has 1 rings (SSSR count). The first-order valence-electron chi connectivity index (χ1n) is 7.26. The van der Waals surface area contributed by atoms with Crippen LogP contribution in [-0.2, 0) is 0 Å². The Morgan fingerprint density at radius 1 is 1.11 bits per heavy atom. The third-order valence-corrected chi connectivity index (χ3v) is 3.44. The summed E-state index contributed by atoms with van der Waals surface area (Å²) in [7, 11) is 0. The zero-order chi connectivity index (χ0) is 13.2. The maximum absolute atomic E-state index is 5.83. The number of halogens is 1. The van der Waals surface area contributed by atoms with Crippen molar-refractivity contribution < 1.29 is 4.42 Å². The lowest BCUT2D eigenvalue weighted by molar-refractivity contribution is 0.390. The Balaban J connectivity index is 2.26. The first kappa shape index (κ1) is 15.6. The van der Waals surface area contributed by atoms with E-state index in [1.807, 2.05) is 12.1 Å². The third-order valence-electron chi connectivity index (χ3n) is 3.23. The lowest BCUT2D eigenvalue weighted by Gasteiger charge is -2.15. The summed E-state index contributed by atoms with van der Waals surface area (Å²) in [5, 5.41) is 3.94. The molecule has 0 aliphatic carbocycles. The third kappa shape index (κ3) is 5.92. The average Bonchev–Trinajstić information content (AvgIpc) is 2.79. The molecule has 0 amide bonds. The molecule has 0 aliphatic rings. The molecule has 0 radical (unpaired) electrons. The van der Waals surface area contributed by atoms with E-state index in [0.717, 1.165) is 18.7 Å². The molecule has 104 valence electrons. The highest BCUT2D eigenvalue weighted by Gasteiger charge is 2.13. The van der Waals surface area contributed by atoms with Crippen molar-refractivity contribution in [3.63, 3.8) is 0 Å². The standard InChI is InChI=1S/C15H26ClNO/c1-3-5-6-7-8-9-10-13(17-4-2)14-11-12-15(16)18-14/h11-13,17H,3-10H2,1-2H3. The van der Waals surface area contributed by atoms with Gasteiger partial charge in [0.1, 0.15) is 5.76 Å². The van der Waals surface area contributed by atoms with Crippen molar-refractivity contribution >= 4 is 11.6 Å². The topological polar surface area (TPSA) is 25.2 Å². The number of furan rings is 1. The zero-order valence-electron chi connectivity index (χ0n) is 11.7. The van der Waals surface area contributed by atoms with E-state index in [1.165, 1.54) is 38.5 Å². The van der Waals surface area contributed by atoms with Gasteiger partial charge in [-0.25, -0.2) is 0 Å². The maximum Gasteiger partial charge on any atom is 0.193 e. The fourth-order valence-electron chi connectivity index (χ4n) is 2.24. The Bertz CT molecular complexity index is 311. The molecule has 1 unspecified atom stereocenters. The highest BCUT2D eigenvalue weighted by Crippen LogP contribution is 2.24. The quantitative estimate of drug-likeness (QED) is 0.582. The Kier molecular flexibility index (Phi) is 8.19. The number of unbranched alkanes of at least 4 members (excludes halogenated alkanes) is 5. The Morgan fingerprint density at radius 2 is 1.83 bits per heavy atom. The van der Waals surface area contributed by atoms with Gasteiger partial charge in [-0.1, -0.05) is 52.4 Å². The minimum atomic E-state index is 0.314. The minimum Gasteiger partial charge on any atom is -0.448 e. The van der Waals surface area contributed by atoms with Crippen molar-refractivity contribution in [3.05, 3.63) is 23.1 Å². The van der Waals surface area contributed by atoms with E-state index in [0.29, 0.717) is 11.3 Å². The molecular formula is C15H26ClNO. The summed E-state index contributed by atoms with van der Waals surface area (Å²) in [6.45, 7) is 5.33. The van der Waals surface area contributed by atoms with Crippen molar-refractivity contribution in [2.24, 2.45) is 0 Å². The van der Waals surface area contributed by atoms with E-state index in [2.05, 4.69) is 19.2 Å². The van der Waals surface area contributed by atoms with Crippen LogP contribution in [0.3, 0.4) is 0 Å². The van der Waals surface area contributed by atoms with E-state index in [4.69, 9.17) is 16.0 Å². The van der Waals surface area contributed by atoms with Gasteiger partial charge in [0.25, 0.3) is 0 Å². The fraction of sp³-hybridized carbons (Fsp3) is 0.733. The van der Waals surface area contributed by atoms with Crippen LogP contribution in [0.1, 0.15) is 70.6 Å². The van der Waals surface area contributed by atoms with Crippen LogP contribution in [-0.4, -0.2) is 6.54 Å². The van der Waals surface area contributed by atoms with Gasteiger partial charge >= 0.3 is 0 Å². The first-order chi connectivity index (χ1) is 8.77. The lowest BCUT2D eigenvalue weighted by atomic mass is 10.0. The number of nitrogens with one attached hydrogen (secondary N) is 1. The van der Waals surface area contributed by atoms with E-state index >= 15 is 0 Å². The summed E-state index contributed by atoms with van der Waals surface area (Å²) in [6.07, 6.45) is 9.09. The summed E-state index contributed by atoms with van der Waals surface area (Å²) in [5.74, 6) is 0.968. The van der Waals surface area contributed by atoms with Crippen LogP contribution < -0.4 is 5.32 Å². The molecule has 1 atom stereocenters. The van der Waals surface area contributed by atoms with Crippen LogP contribution >= 0.6 is 11.6 Å². The van der Waals surface area contributed by atoms with Crippen molar-refractivity contribution in [1.29, 1.82) is 0 Å². The smallest absolute Gasteiger partial charge is 0.193 e. The second-order valence-electron chi connectivity index (χ2n) is 4.81. The largest absolute Gasteiger partial charge is 0.448 e. The van der Waals surface area contributed by atoms with Crippen LogP contribution in [0.15, 0.2) is 16.5 Å². The number of hydrogen-bond acceptors (Lipinski definition) is 2. The average molecular weight is 272 g/mol. The zero-order valence-corrected chi connectivity index (χ0v) is 12.4. The lowest BCUT2D eigenvalue weighted by Crippen LogP contribution is -2.20. The predicted molar refractivity (Wildman–Crippen MR) is 78.1 cm³/mol. The van der Waals surface area contributed by atoms with Crippen LogP contribution in [0.4, 0.5) is 0 Å². The van der Waals surface area contributed by atoms with E-state index in [9.17, 15) is 0 Å². The van der Waals surface area contributed by atoms with E-state index in [1.54, 1.807) is 0 Å². The van der Waals surface area contributed by atoms with Crippen molar-refractivity contribution in [2.45, 2.75) is 64.8 Å². The van der Waals surface area contributed by atoms with Crippen LogP contribution in [0.25, 0.3) is 0 Å². The molecule has 1 aromatic rings. The highest BCUT2D eigenvalue weighted by molar-refractivity contribution is 6.28. The molecule has 1 heterocycles. The summed E-state index contributed by atoms with van der Waals surface area (Å²) in [6, 6.07) is 4.11. The summed E-state index contributed by atoms with van der Waals surface area (Å²) >= 11 is 5.83. The molecule has 3 heteroatoms. The molecule has 0 aliphatic heterocycles. The highest BCUT2D eigenvalue weighted by atomic mass is 35.5. The second-order valence-corrected chi connectivity index (χ2v) is 5.18. The molecule has 0 saturated heterocycles. The van der Waals surface area contributed by atoms with Gasteiger partial charge in [0, 0.05) is 0 Å². The molecule has 1 aromatic heterocycles.